The van der Waals surface area contributed by atoms with Gasteiger partial charge in [0.15, 0.2) is 0 Å². The molecule has 0 saturated carbocycles. The molecule has 19 heavy (non-hydrogen) atoms. The maximum Gasteiger partial charge on any atom is 0.142 e. The molecule has 0 aromatic heterocycles. The monoisotopic (exact) mass is 264 g/mol. The molecule has 4 heteroatoms. The highest BCUT2D eigenvalue weighted by Crippen LogP contribution is 2.33. The lowest BCUT2D eigenvalue weighted by molar-refractivity contribution is -0.0789. The van der Waals surface area contributed by atoms with Crippen molar-refractivity contribution in [1.82, 2.24) is 0 Å². The van der Waals surface area contributed by atoms with Gasteiger partial charge in [0.1, 0.15) is 5.75 Å². The van der Waals surface area contributed by atoms with E-state index in [-0.39, 0.29) is 11.7 Å². The van der Waals surface area contributed by atoms with Crippen LogP contribution in [-0.4, -0.2) is 38.4 Å². The molecular weight excluding hydrogens is 240 g/mol. The molecule has 0 amide bonds. The van der Waals surface area contributed by atoms with Gasteiger partial charge in [0.25, 0.3) is 0 Å². The Balaban J connectivity index is 2.32. The maximum absolute atomic E-state index is 5.97. The first kappa shape index (κ1) is 14.2. The fraction of sp³-hybridized carbons (Fsp3) is 0.600. The third-order valence-corrected chi connectivity index (χ3v) is 3.42. The molecule has 1 aliphatic rings. The Kier molecular flexibility index (Phi) is 4.02. The summed E-state index contributed by atoms with van der Waals surface area (Å²) in [5.74, 6) is 0.902. The number of anilines is 1. The number of ether oxygens (including phenoxy) is 2. The minimum atomic E-state index is -0.197. The van der Waals surface area contributed by atoms with Crippen LogP contribution in [0, 0.1) is 6.92 Å². The van der Waals surface area contributed by atoms with Crippen molar-refractivity contribution in [2.45, 2.75) is 32.5 Å². The quantitative estimate of drug-likeness (QED) is 0.906. The molecule has 0 bridgehead atoms. The van der Waals surface area contributed by atoms with Crippen LogP contribution in [0.2, 0.25) is 0 Å². The van der Waals surface area contributed by atoms with E-state index in [2.05, 4.69) is 37.8 Å². The zero-order valence-corrected chi connectivity index (χ0v) is 12.3. The Bertz CT molecular complexity index is 446. The lowest BCUT2D eigenvalue weighted by Gasteiger charge is -2.44. The van der Waals surface area contributed by atoms with Crippen LogP contribution in [0.3, 0.4) is 0 Å². The van der Waals surface area contributed by atoms with E-state index in [0.717, 1.165) is 24.5 Å². The average Bonchev–Trinajstić information content (AvgIpc) is 2.36. The highest BCUT2D eigenvalue weighted by molar-refractivity contribution is 5.60. The first-order valence-corrected chi connectivity index (χ1v) is 6.72. The Labute approximate surface area is 115 Å². The number of hydrogen-bond donors (Lipinski definition) is 1. The van der Waals surface area contributed by atoms with Crippen molar-refractivity contribution in [2.75, 3.05) is 31.6 Å². The number of methoxy groups -OCH3 is 1. The fourth-order valence-electron chi connectivity index (χ4n) is 2.65. The molecule has 1 fully saturated rings. The first-order valence-electron chi connectivity index (χ1n) is 6.72. The molecule has 1 aromatic carbocycles. The van der Waals surface area contributed by atoms with Crippen LogP contribution in [0.1, 0.15) is 19.4 Å². The third kappa shape index (κ3) is 3.19. The summed E-state index contributed by atoms with van der Waals surface area (Å²) in [5, 5.41) is 0. The molecule has 1 heterocycles. The molecule has 106 valence electrons. The summed E-state index contributed by atoms with van der Waals surface area (Å²) in [6, 6.07) is 6.24. The predicted molar refractivity (Wildman–Crippen MR) is 78.0 cm³/mol. The van der Waals surface area contributed by atoms with Gasteiger partial charge in [-0.3, -0.25) is 0 Å². The fourth-order valence-corrected chi connectivity index (χ4v) is 2.65. The van der Waals surface area contributed by atoms with Crippen molar-refractivity contribution in [3.63, 3.8) is 0 Å². The summed E-state index contributed by atoms with van der Waals surface area (Å²) in [4.78, 5) is 2.31. The second kappa shape index (κ2) is 5.39. The van der Waals surface area contributed by atoms with E-state index < -0.39 is 0 Å². The number of benzene rings is 1. The van der Waals surface area contributed by atoms with Gasteiger partial charge in [-0.2, -0.15) is 0 Å². The lowest BCUT2D eigenvalue weighted by Crippen LogP contribution is -2.55. The molecule has 1 atom stereocenters. The molecule has 0 radical (unpaired) electrons. The number of aryl methyl sites for hydroxylation is 1. The number of nitrogens with two attached hydrogens (primary N) is 1. The van der Waals surface area contributed by atoms with Gasteiger partial charge in [-0.05, 0) is 38.5 Å². The molecule has 0 spiro atoms. The summed E-state index contributed by atoms with van der Waals surface area (Å²) in [7, 11) is 1.71. The SMILES string of the molecule is COc1ccc(C)cc1N1CC(CN)OC(C)(C)C1. The Hall–Kier alpha value is -1.26. The molecule has 2 rings (SSSR count). The minimum Gasteiger partial charge on any atom is -0.495 e. The van der Waals surface area contributed by atoms with Gasteiger partial charge in [0.05, 0.1) is 24.5 Å². The van der Waals surface area contributed by atoms with Crippen molar-refractivity contribution in [3.05, 3.63) is 23.8 Å². The number of rotatable bonds is 3. The number of nitrogens with zero attached hydrogens (tertiary/aromatic N) is 1. The van der Waals surface area contributed by atoms with E-state index in [4.69, 9.17) is 15.2 Å². The number of morpholine rings is 1. The van der Waals surface area contributed by atoms with E-state index in [1.54, 1.807) is 7.11 Å². The van der Waals surface area contributed by atoms with Gasteiger partial charge in [0, 0.05) is 19.6 Å². The second-order valence-electron chi connectivity index (χ2n) is 5.79. The summed E-state index contributed by atoms with van der Waals surface area (Å²) in [6.07, 6.45) is 0.0639. The van der Waals surface area contributed by atoms with Crippen molar-refractivity contribution in [2.24, 2.45) is 5.73 Å². The van der Waals surface area contributed by atoms with Crippen LogP contribution in [0.4, 0.5) is 5.69 Å². The predicted octanol–water partition coefficient (Wildman–Crippen LogP) is 1.95. The Morgan fingerprint density at radius 2 is 2.21 bits per heavy atom. The second-order valence-corrected chi connectivity index (χ2v) is 5.79. The summed E-state index contributed by atoms with van der Waals surface area (Å²) in [5.41, 5.74) is 7.93. The van der Waals surface area contributed by atoms with Crippen molar-refractivity contribution < 1.29 is 9.47 Å². The van der Waals surface area contributed by atoms with Crippen molar-refractivity contribution >= 4 is 5.69 Å². The van der Waals surface area contributed by atoms with Crippen LogP contribution in [0.5, 0.6) is 5.75 Å². The highest BCUT2D eigenvalue weighted by atomic mass is 16.5. The van der Waals surface area contributed by atoms with Crippen LogP contribution in [-0.2, 0) is 4.74 Å². The van der Waals surface area contributed by atoms with E-state index in [9.17, 15) is 0 Å². The molecule has 4 nitrogen and oxygen atoms in total. The van der Waals surface area contributed by atoms with Gasteiger partial charge >= 0.3 is 0 Å². The van der Waals surface area contributed by atoms with Gasteiger partial charge in [-0.1, -0.05) is 6.07 Å². The van der Waals surface area contributed by atoms with E-state index in [1.807, 2.05) is 6.07 Å². The Morgan fingerprint density at radius 1 is 1.47 bits per heavy atom. The smallest absolute Gasteiger partial charge is 0.142 e. The van der Waals surface area contributed by atoms with E-state index in [0.29, 0.717) is 6.54 Å². The summed E-state index contributed by atoms with van der Waals surface area (Å²) < 4.78 is 11.4. The van der Waals surface area contributed by atoms with Crippen LogP contribution in [0.25, 0.3) is 0 Å². The number of hydrogen-bond acceptors (Lipinski definition) is 4. The van der Waals surface area contributed by atoms with Crippen molar-refractivity contribution in [3.8, 4) is 5.75 Å². The van der Waals surface area contributed by atoms with E-state index in [1.165, 1.54) is 5.56 Å². The zero-order valence-electron chi connectivity index (χ0n) is 12.3. The molecule has 1 saturated heterocycles. The van der Waals surface area contributed by atoms with Crippen LogP contribution in [0.15, 0.2) is 18.2 Å². The average molecular weight is 264 g/mol. The van der Waals surface area contributed by atoms with Gasteiger partial charge < -0.3 is 20.1 Å². The Morgan fingerprint density at radius 3 is 2.84 bits per heavy atom. The normalized spacial score (nSPS) is 22.4. The molecule has 0 aliphatic carbocycles. The largest absolute Gasteiger partial charge is 0.495 e. The third-order valence-electron chi connectivity index (χ3n) is 3.42. The topological polar surface area (TPSA) is 47.7 Å². The first-order chi connectivity index (χ1) is 8.95. The van der Waals surface area contributed by atoms with Crippen LogP contribution < -0.4 is 15.4 Å². The zero-order chi connectivity index (χ0) is 14.0. The standard InChI is InChI=1S/C15H24N2O2/c1-11-5-6-14(18-4)13(7-11)17-9-12(8-16)19-15(2,3)10-17/h5-7,12H,8-10,16H2,1-4H3. The summed E-state index contributed by atoms with van der Waals surface area (Å²) >= 11 is 0. The molecule has 1 aliphatic heterocycles. The lowest BCUT2D eigenvalue weighted by atomic mass is 10.0. The maximum atomic E-state index is 5.97. The summed E-state index contributed by atoms with van der Waals surface area (Å²) in [6.45, 7) is 8.47. The van der Waals surface area contributed by atoms with Crippen LogP contribution >= 0.6 is 0 Å². The van der Waals surface area contributed by atoms with Crippen molar-refractivity contribution in [1.29, 1.82) is 0 Å². The molecular formula is C15H24N2O2. The van der Waals surface area contributed by atoms with Gasteiger partial charge in [0.2, 0.25) is 0 Å². The molecule has 1 aromatic rings. The molecule has 1 unspecified atom stereocenters. The van der Waals surface area contributed by atoms with Gasteiger partial charge in [-0.25, -0.2) is 0 Å². The minimum absolute atomic E-state index is 0.0639. The highest BCUT2D eigenvalue weighted by Gasteiger charge is 2.33. The molecule has 2 N–H and O–H groups in total. The van der Waals surface area contributed by atoms with E-state index >= 15 is 0 Å². The van der Waals surface area contributed by atoms with Gasteiger partial charge in [-0.15, -0.1) is 0 Å².